The summed E-state index contributed by atoms with van der Waals surface area (Å²) in [6.45, 7) is 2.02. The maximum atomic E-state index is 13.1. The molecule has 162 valence electrons. The average molecular weight is 460 g/mol. The molecule has 7 nitrogen and oxygen atoms in total. The average Bonchev–Trinajstić information content (AvgIpc) is 3.05. The Kier molecular flexibility index (Phi) is 7.54. The van der Waals surface area contributed by atoms with Gasteiger partial charge in [0.15, 0.2) is 22.4 Å². The normalized spacial score (nSPS) is 14.7. The van der Waals surface area contributed by atoms with Gasteiger partial charge in [-0.3, -0.25) is 9.69 Å². The van der Waals surface area contributed by atoms with Crippen molar-refractivity contribution in [3.63, 3.8) is 0 Å². The van der Waals surface area contributed by atoms with E-state index in [1.165, 1.54) is 23.8 Å². The molecule has 0 unspecified atom stereocenters. The lowest BCUT2D eigenvalue weighted by atomic mass is 10.1. The molecule has 0 atom stereocenters. The smallest absolute Gasteiger partial charge is 0.343 e. The number of thiocarbonyl (C=S) groups is 1. The summed E-state index contributed by atoms with van der Waals surface area (Å²) in [6, 6.07) is 12.4. The lowest BCUT2D eigenvalue weighted by Crippen LogP contribution is -2.27. The second-order valence-electron chi connectivity index (χ2n) is 6.19. The second kappa shape index (κ2) is 10.3. The summed E-state index contributed by atoms with van der Waals surface area (Å²) in [4.78, 5) is 26.3. The number of anilines is 1. The van der Waals surface area contributed by atoms with Crippen LogP contribution in [0.1, 0.15) is 12.5 Å². The fourth-order valence-corrected chi connectivity index (χ4v) is 4.12. The molecular formula is C22H21NO6S2. The molecule has 1 saturated heterocycles. The molecule has 0 bridgehead atoms. The van der Waals surface area contributed by atoms with Crippen molar-refractivity contribution in [3.8, 4) is 17.2 Å². The summed E-state index contributed by atoms with van der Waals surface area (Å²) in [5, 5.41) is 0. The number of ether oxygens (including phenoxy) is 4. The van der Waals surface area contributed by atoms with E-state index in [1.54, 1.807) is 43.5 Å². The minimum Gasteiger partial charge on any atom is -0.495 e. The molecule has 2 aromatic rings. The predicted octanol–water partition coefficient (Wildman–Crippen LogP) is 4.05. The number of thioether (sulfide) groups is 1. The van der Waals surface area contributed by atoms with E-state index in [4.69, 9.17) is 26.4 Å². The zero-order valence-electron chi connectivity index (χ0n) is 17.2. The van der Waals surface area contributed by atoms with Gasteiger partial charge in [0.2, 0.25) is 0 Å². The fourth-order valence-electron chi connectivity index (χ4n) is 2.84. The third kappa shape index (κ3) is 5.18. The third-order valence-corrected chi connectivity index (χ3v) is 5.56. The molecule has 0 N–H and O–H groups in total. The lowest BCUT2D eigenvalue weighted by Gasteiger charge is -2.17. The highest BCUT2D eigenvalue weighted by molar-refractivity contribution is 8.27. The lowest BCUT2D eigenvalue weighted by molar-refractivity contribution is -0.142. The van der Waals surface area contributed by atoms with Crippen molar-refractivity contribution in [2.75, 3.05) is 32.3 Å². The molecule has 1 fully saturated rings. The maximum absolute atomic E-state index is 13.1. The first-order valence-corrected chi connectivity index (χ1v) is 10.6. The van der Waals surface area contributed by atoms with E-state index in [0.29, 0.717) is 38.8 Å². The minimum atomic E-state index is -0.494. The molecular weight excluding hydrogens is 438 g/mol. The van der Waals surface area contributed by atoms with Crippen molar-refractivity contribution in [2.45, 2.75) is 6.92 Å². The zero-order valence-corrected chi connectivity index (χ0v) is 18.9. The Morgan fingerprint density at radius 3 is 2.58 bits per heavy atom. The Bertz CT molecular complexity index is 1040. The molecule has 3 rings (SSSR count). The van der Waals surface area contributed by atoms with E-state index in [2.05, 4.69) is 4.74 Å². The van der Waals surface area contributed by atoms with Crippen molar-refractivity contribution in [3.05, 3.63) is 52.9 Å². The van der Waals surface area contributed by atoms with E-state index >= 15 is 0 Å². The Labute approximate surface area is 189 Å². The van der Waals surface area contributed by atoms with E-state index in [1.807, 2.05) is 19.1 Å². The van der Waals surface area contributed by atoms with Gasteiger partial charge in [-0.1, -0.05) is 42.2 Å². The van der Waals surface area contributed by atoms with Crippen LogP contribution in [0, 0.1) is 0 Å². The van der Waals surface area contributed by atoms with Gasteiger partial charge in [-0.25, -0.2) is 4.79 Å². The number of amides is 1. The van der Waals surface area contributed by atoms with E-state index in [-0.39, 0.29) is 12.5 Å². The molecule has 2 aromatic carbocycles. The van der Waals surface area contributed by atoms with Crippen LogP contribution < -0.4 is 19.1 Å². The van der Waals surface area contributed by atoms with Crippen molar-refractivity contribution >= 4 is 51.9 Å². The van der Waals surface area contributed by atoms with Crippen LogP contribution in [0.2, 0.25) is 0 Å². The fraction of sp³-hybridized carbons (Fsp3) is 0.227. The van der Waals surface area contributed by atoms with Gasteiger partial charge in [0.1, 0.15) is 5.75 Å². The number of benzene rings is 2. The van der Waals surface area contributed by atoms with Crippen LogP contribution in [-0.4, -0.2) is 43.6 Å². The highest BCUT2D eigenvalue weighted by Gasteiger charge is 2.34. The summed E-state index contributed by atoms with van der Waals surface area (Å²) in [6.07, 6.45) is 1.74. The Hall–Kier alpha value is -3.04. The topological polar surface area (TPSA) is 74.3 Å². The van der Waals surface area contributed by atoms with Crippen LogP contribution in [0.5, 0.6) is 17.2 Å². The molecule has 0 aliphatic carbocycles. The number of carbonyl (C=O) groups excluding carboxylic acids is 2. The largest absolute Gasteiger partial charge is 0.495 e. The number of carbonyl (C=O) groups is 2. The number of hydrogen-bond donors (Lipinski definition) is 0. The second-order valence-corrected chi connectivity index (χ2v) is 7.87. The van der Waals surface area contributed by atoms with E-state index in [9.17, 15) is 9.59 Å². The van der Waals surface area contributed by atoms with Crippen LogP contribution in [-0.2, 0) is 14.3 Å². The van der Waals surface area contributed by atoms with Gasteiger partial charge < -0.3 is 18.9 Å². The summed E-state index contributed by atoms with van der Waals surface area (Å²) in [5.74, 6) is 0.701. The molecule has 1 aliphatic rings. The van der Waals surface area contributed by atoms with Crippen LogP contribution in [0.15, 0.2) is 47.4 Å². The zero-order chi connectivity index (χ0) is 22.4. The first-order chi connectivity index (χ1) is 15.0. The predicted molar refractivity (Wildman–Crippen MR) is 124 cm³/mol. The standard InChI is InChI=1S/C22H21NO6S2/c1-4-28-18-11-14(9-10-17(18)29-13-20(24)27-3)12-19-21(25)23(22(30)31-19)15-7-5-6-8-16(15)26-2/h5-12H,4,13H2,1-3H3/b19-12-. The molecule has 0 spiro atoms. The Morgan fingerprint density at radius 2 is 1.87 bits per heavy atom. The first-order valence-electron chi connectivity index (χ1n) is 9.36. The van der Waals surface area contributed by atoms with Gasteiger partial charge in [0.05, 0.1) is 31.4 Å². The molecule has 31 heavy (non-hydrogen) atoms. The Morgan fingerprint density at radius 1 is 1.10 bits per heavy atom. The van der Waals surface area contributed by atoms with Crippen molar-refractivity contribution < 1.29 is 28.5 Å². The number of methoxy groups -OCH3 is 2. The molecule has 1 aliphatic heterocycles. The minimum absolute atomic E-state index is 0.229. The van der Waals surface area contributed by atoms with Gasteiger partial charge in [0.25, 0.3) is 5.91 Å². The van der Waals surface area contributed by atoms with Crippen LogP contribution in [0.4, 0.5) is 5.69 Å². The molecule has 1 heterocycles. The van der Waals surface area contributed by atoms with Crippen LogP contribution >= 0.6 is 24.0 Å². The van der Waals surface area contributed by atoms with Gasteiger partial charge >= 0.3 is 5.97 Å². The summed E-state index contributed by atoms with van der Waals surface area (Å²) < 4.78 is 21.5. The first kappa shape index (κ1) is 22.6. The van der Waals surface area contributed by atoms with Gasteiger partial charge in [-0.2, -0.15) is 0 Å². The SMILES string of the molecule is CCOc1cc(/C=C2\SC(=S)N(c3ccccc3OC)C2=O)ccc1OCC(=O)OC. The number of rotatable bonds is 8. The molecule has 0 saturated carbocycles. The van der Waals surface area contributed by atoms with Crippen molar-refractivity contribution in [2.24, 2.45) is 0 Å². The molecule has 9 heteroatoms. The van der Waals surface area contributed by atoms with E-state index < -0.39 is 5.97 Å². The number of hydrogen-bond acceptors (Lipinski definition) is 8. The van der Waals surface area contributed by atoms with Gasteiger partial charge in [-0.05, 0) is 42.8 Å². The number of nitrogens with zero attached hydrogens (tertiary/aromatic N) is 1. The van der Waals surface area contributed by atoms with Gasteiger partial charge in [-0.15, -0.1) is 0 Å². The summed E-state index contributed by atoms with van der Waals surface area (Å²) >= 11 is 6.65. The highest BCUT2D eigenvalue weighted by Crippen LogP contribution is 2.40. The highest BCUT2D eigenvalue weighted by atomic mass is 32.2. The van der Waals surface area contributed by atoms with Crippen molar-refractivity contribution in [1.29, 1.82) is 0 Å². The molecule has 0 radical (unpaired) electrons. The summed E-state index contributed by atoms with van der Waals surface area (Å²) in [7, 11) is 2.84. The van der Waals surface area contributed by atoms with Crippen LogP contribution in [0.25, 0.3) is 6.08 Å². The quantitative estimate of drug-likeness (QED) is 0.333. The number of esters is 1. The molecule has 0 aromatic heterocycles. The number of para-hydroxylation sites is 2. The summed E-state index contributed by atoms with van der Waals surface area (Å²) in [5.41, 5.74) is 1.33. The maximum Gasteiger partial charge on any atom is 0.343 e. The Balaban J connectivity index is 1.87. The van der Waals surface area contributed by atoms with Crippen molar-refractivity contribution in [1.82, 2.24) is 0 Å². The van der Waals surface area contributed by atoms with Crippen LogP contribution in [0.3, 0.4) is 0 Å². The monoisotopic (exact) mass is 459 g/mol. The van der Waals surface area contributed by atoms with Gasteiger partial charge in [0, 0.05) is 0 Å². The third-order valence-electron chi connectivity index (χ3n) is 4.26. The molecule has 1 amide bonds. The van der Waals surface area contributed by atoms with E-state index in [0.717, 1.165) is 5.56 Å².